The Labute approximate surface area is 291 Å². The van der Waals surface area contributed by atoms with E-state index in [1.165, 1.54) is 27.5 Å². The minimum absolute atomic E-state index is 0.624. The third-order valence-electron chi connectivity index (χ3n) is 9.31. The molecule has 3 nitrogen and oxygen atoms in total. The molecule has 1 heterocycles. The number of hydrogen-bond donors (Lipinski definition) is 0. The number of nitrogens with zero attached hydrogens (tertiary/aromatic N) is 2. The predicted octanol–water partition coefficient (Wildman–Crippen LogP) is 13.1. The highest BCUT2D eigenvalue weighted by Crippen LogP contribution is 2.43. The van der Waals surface area contributed by atoms with E-state index in [-0.39, 0.29) is 0 Å². The minimum Gasteiger partial charge on any atom is -0.436 e. The van der Waals surface area contributed by atoms with Crippen molar-refractivity contribution in [2.24, 2.45) is 0 Å². The highest BCUT2D eigenvalue weighted by Gasteiger charge is 2.19. The van der Waals surface area contributed by atoms with Gasteiger partial charge in [-0.3, -0.25) is 0 Å². The van der Waals surface area contributed by atoms with Crippen LogP contribution in [0.2, 0.25) is 0 Å². The molecule has 0 bridgehead atoms. The Balaban J connectivity index is 1.18. The number of aromatic nitrogens is 1. The summed E-state index contributed by atoms with van der Waals surface area (Å²) < 4.78 is 6.20. The largest absolute Gasteiger partial charge is 0.436 e. The average Bonchev–Trinajstić information content (AvgIpc) is 3.64. The molecular weight excluding hydrogens is 609 g/mol. The normalized spacial score (nSPS) is 11.2. The van der Waals surface area contributed by atoms with E-state index in [9.17, 15) is 0 Å². The van der Waals surface area contributed by atoms with Crippen molar-refractivity contribution in [3.63, 3.8) is 0 Å². The van der Waals surface area contributed by atoms with Gasteiger partial charge in [-0.25, -0.2) is 4.98 Å². The van der Waals surface area contributed by atoms with Crippen molar-refractivity contribution in [1.29, 1.82) is 0 Å². The maximum absolute atomic E-state index is 6.20. The van der Waals surface area contributed by atoms with Crippen molar-refractivity contribution < 1.29 is 4.42 Å². The van der Waals surface area contributed by atoms with Gasteiger partial charge in [0.05, 0.1) is 5.69 Å². The van der Waals surface area contributed by atoms with Crippen molar-refractivity contribution in [1.82, 2.24) is 4.98 Å². The Kier molecular flexibility index (Phi) is 7.49. The van der Waals surface area contributed by atoms with Crippen LogP contribution in [0.4, 0.5) is 17.1 Å². The topological polar surface area (TPSA) is 29.3 Å². The van der Waals surface area contributed by atoms with Gasteiger partial charge in [0.1, 0.15) is 5.52 Å². The fourth-order valence-electron chi connectivity index (χ4n) is 6.92. The van der Waals surface area contributed by atoms with E-state index < -0.39 is 0 Å². The quantitative estimate of drug-likeness (QED) is 0.174. The summed E-state index contributed by atoms with van der Waals surface area (Å²) >= 11 is 0. The summed E-state index contributed by atoms with van der Waals surface area (Å²) in [6.45, 7) is 0. The first-order valence-corrected chi connectivity index (χ1v) is 16.9. The summed E-state index contributed by atoms with van der Waals surface area (Å²) in [7, 11) is 0. The number of rotatable bonds is 7. The number of hydrogen-bond acceptors (Lipinski definition) is 3. The fraction of sp³-hybridized carbons (Fsp3) is 0. The third kappa shape index (κ3) is 5.41. The molecule has 0 atom stereocenters. The van der Waals surface area contributed by atoms with Crippen LogP contribution in [0.25, 0.3) is 66.7 Å². The van der Waals surface area contributed by atoms with Crippen LogP contribution < -0.4 is 4.90 Å². The molecule has 0 saturated carbocycles. The molecule has 3 heteroatoms. The Morgan fingerprint density at radius 2 is 1.00 bits per heavy atom. The highest BCUT2D eigenvalue weighted by atomic mass is 16.3. The van der Waals surface area contributed by atoms with Gasteiger partial charge in [0.2, 0.25) is 5.89 Å². The first-order chi connectivity index (χ1) is 24.8. The Morgan fingerprint density at radius 1 is 0.400 bits per heavy atom. The maximum atomic E-state index is 6.20. The minimum atomic E-state index is 0.624. The molecular formula is C47H32N2O. The van der Waals surface area contributed by atoms with Crippen LogP contribution in [-0.2, 0) is 0 Å². The zero-order valence-electron chi connectivity index (χ0n) is 27.3. The molecule has 0 aliphatic carbocycles. The lowest BCUT2D eigenvalue weighted by Gasteiger charge is -2.28. The van der Waals surface area contributed by atoms with E-state index in [0.29, 0.717) is 5.89 Å². The molecule has 0 aliphatic heterocycles. The van der Waals surface area contributed by atoms with E-state index in [4.69, 9.17) is 9.40 Å². The number of para-hydroxylation sites is 2. The van der Waals surface area contributed by atoms with Crippen molar-refractivity contribution in [2.45, 2.75) is 0 Å². The highest BCUT2D eigenvalue weighted by molar-refractivity contribution is 5.98. The van der Waals surface area contributed by atoms with Crippen molar-refractivity contribution in [2.75, 3.05) is 4.90 Å². The molecule has 0 spiro atoms. The third-order valence-corrected chi connectivity index (χ3v) is 9.31. The second-order valence-electron chi connectivity index (χ2n) is 12.4. The van der Waals surface area contributed by atoms with Crippen LogP contribution in [0.3, 0.4) is 0 Å². The summed E-state index contributed by atoms with van der Waals surface area (Å²) in [6.07, 6.45) is 0. The lowest BCUT2D eigenvalue weighted by atomic mass is 9.97. The molecule has 9 rings (SSSR count). The predicted molar refractivity (Wildman–Crippen MR) is 208 cm³/mol. The number of oxazole rings is 1. The monoisotopic (exact) mass is 640 g/mol. The molecule has 0 saturated heterocycles. The standard InChI is InChI=1S/C47H32N2O/c1-3-14-34(15-4-1)42-23-9-10-26-44(42)49(39-21-11-20-37(32-39)41-24-12-19-33-16-7-8-22-40(33)41)38-30-28-35(29-31-38)43-25-13-27-45-46(43)48-47(50-45)36-17-5-2-6-18-36/h1-32H. The Bertz CT molecular complexity index is 2580. The summed E-state index contributed by atoms with van der Waals surface area (Å²) in [6, 6.07) is 68.2. The van der Waals surface area contributed by atoms with Gasteiger partial charge in [-0.1, -0.05) is 146 Å². The van der Waals surface area contributed by atoms with Crippen molar-refractivity contribution in [3.8, 4) is 44.8 Å². The van der Waals surface area contributed by atoms with E-state index in [1.807, 2.05) is 42.5 Å². The van der Waals surface area contributed by atoms with Gasteiger partial charge in [-0.2, -0.15) is 0 Å². The lowest BCUT2D eigenvalue weighted by molar-refractivity contribution is 0.620. The first kappa shape index (κ1) is 29.4. The maximum Gasteiger partial charge on any atom is 0.227 e. The Morgan fingerprint density at radius 3 is 1.84 bits per heavy atom. The molecule has 50 heavy (non-hydrogen) atoms. The molecule has 0 aliphatic rings. The van der Waals surface area contributed by atoms with E-state index in [1.54, 1.807) is 0 Å². The molecule has 9 aromatic rings. The summed E-state index contributed by atoms with van der Waals surface area (Å²) in [4.78, 5) is 7.31. The number of fused-ring (bicyclic) bond motifs is 2. The van der Waals surface area contributed by atoms with Gasteiger partial charge in [-0.15, -0.1) is 0 Å². The van der Waals surface area contributed by atoms with Gasteiger partial charge in [-0.05, 0) is 81.6 Å². The second kappa shape index (κ2) is 12.7. The number of benzene rings is 8. The first-order valence-electron chi connectivity index (χ1n) is 16.9. The van der Waals surface area contributed by atoms with Crippen LogP contribution in [0.5, 0.6) is 0 Å². The van der Waals surface area contributed by atoms with Crippen LogP contribution in [0.1, 0.15) is 0 Å². The van der Waals surface area contributed by atoms with E-state index in [2.05, 4.69) is 157 Å². The second-order valence-corrected chi connectivity index (χ2v) is 12.4. The molecule has 0 unspecified atom stereocenters. The van der Waals surface area contributed by atoms with Gasteiger partial charge < -0.3 is 9.32 Å². The van der Waals surface area contributed by atoms with E-state index >= 15 is 0 Å². The zero-order chi connectivity index (χ0) is 33.3. The van der Waals surface area contributed by atoms with Gasteiger partial charge in [0.15, 0.2) is 5.58 Å². The van der Waals surface area contributed by atoms with Crippen LogP contribution in [0.15, 0.2) is 199 Å². The Hall–Kier alpha value is -6.71. The molecule has 0 radical (unpaired) electrons. The summed E-state index contributed by atoms with van der Waals surface area (Å²) in [5.41, 5.74) is 12.7. The van der Waals surface area contributed by atoms with Crippen molar-refractivity contribution in [3.05, 3.63) is 194 Å². The van der Waals surface area contributed by atoms with Crippen LogP contribution in [-0.4, -0.2) is 4.98 Å². The molecule has 1 aromatic heterocycles. The van der Waals surface area contributed by atoms with Crippen LogP contribution >= 0.6 is 0 Å². The molecule has 0 fully saturated rings. The lowest BCUT2D eigenvalue weighted by Crippen LogP contribution is -2.11. The van der Waals surface area contributed by atoms with Crippen LogP contribution in [0, 0.1) is 0 Å². The smallest absolute Gasteiger partial charge is 0.227 e. The van der Waals surface area contributed by atoms with Gasteiger partial charge >= 0.3 is 0 Å². The van der Waals surface area contributed by atoms with Gasteiger partial charge in [0, 0.05) is 28.1 Å². The summed E-state index contributed by atoms with van der Waals surface area (Å²) in [5, 5.41) is 2.47. The SMILES string of the molecule is c1ccc(-c2nc3c(-c4ccc(N(c5cccc(-c6cccc7ccccc67)c5)c5ccccc5-c5ccccc5)cc4)cccc3o2)cc1. The molecule has 8 aromatic carbocycles. The van der Waals surface area contributed by atoms with Crippen molar-refractivity contribution >= 4 is 38.9 Å². The van der Waals surface area contributed by atoms with Gasteiger partial charge in [0.25, 0.3) is 0 Å². The fourth-order valence-corrected chi connectivity index (χ4v) is 6.92. The van der Waals surface area contributed by atoms with E-state index in [0.717, 1.165) is 50.4 Å². The molecule has 0 amide bonds. The molecule has 0 N–H and O–H groups in total. The average molecular weight is 641 g/mol. The zero-order valence-corrected chi connectivity index (χ0v) is 27.3. The number of anilines is 3. The molecule has 236 valence electrons. The summed E-state index contributed by atoms with van der Waals surface area (Å²) in [5.74, 6) is 0.624.